The van der Waals surface area contributed by atoms with Crippen molar-refractivity contribution in [2.45, 2.75) is 49.6 Å². The van der Waals surface area contributed by atoms with Crippen molar-refractivity contribution >= 4 is 23.6 Å². The van der Waals surface area contributed by atoms with E-state index >= 15 is 0 Å². The maximum Gasteiger partial charge on any atom is 0.309 e. The number of piperidine rings is 1. The zero-order valence-electron chi connectivity index (χ0n) is 18.1. The molecule has 166 valence electrons. The summed E-state index contributed by atoms with van der Waals surface area (Å²) in [6, 6.07) is 7.73. The van der Waals surface area contributed by atoms with Crippen molar-refractivity contribution in [3.8, 4) is 5.75 Å². The summed E-state index contributed by atoms with van der Waals surface area (Å²) >= 11 is 1.48. The molecule has 2 atom stereocenters. The first kappa shape index (κ1) is 21.8. The number of esters is 1. The van der Waals surface area contributed by atoms with Gasteiger partial charge >= 0.3 is 5.97 Å². The summed E-state index contributed by atoms with van der Waals surface area (Å²) in [5.74, 6) is 1.22. The maximum atomic E-state index is 13.3. The molecule has 2 aromatic rings. The molecule has 2 aliphatic heterocycles. The van der Waals surface area contributed by atoms with Crippen molar-refractivity contribution < 1.29 is 19.1 Å². The largest absolute Gasteiger partial charge is 0.497 e. The van der Waals surface area contributed by atoms with E-state index in [0.29, 0.717) is 24.0 Å². The van der Waals surface area contributed by atoms with Crippen LogP contribution in [0.4, 0.5) is 0 Å². The summed E-state index contributed by atoms with van der Waals surface area (Å²) in [5, 5.41) is 4.70. The smallest absolute Gasteiger partial charge is 0.309 e. The molecule has 4 rings (SSSR count). The highest BCUT2D eigenvalue weighted by Gasteiger charge is 2.44. The standard InChI is InChI=1S/C22H28N4O4S/c1-4-17-23-22-26(24-17)20(27)19(31-22)18(14-6-8-16(29-3)9-7-14)25-12-10-15(11-13-25)21(28)30-5-2/h6-9,15,18-19H,4-5,10-13H2,1-3H3. The number of fused-ring (bicyclic) bond motifs is 1. The fourth-order valence-electron chi connectivity index (χ4n) is 4.24. The lowest BCUT2D eigenvalue weighted by atomic mass is 9.92. The molecule has 31 heavy (non-hydrogen) atoms. The van der Waals surface area contributed by atoms with Gasteiger partial charge in [0, 0.05) is 6.42 Å². The van der Waals surface area contributed by atoms with E-state index in [-0.39, 0.29) is 29.1 Å². The Morgan fingerprint density at radius 3 is 2.52 bits per heavy atom. The van der Waals surface area contributed by atoms with E-state index < -0.39 is 0 Å². The molecule has 2 aliphatic rings. The Bertz CT molecular complexity index is 937. The number of carbonyl (C=O) groups excluding carboxylic acids is 2. The minimum absolute atomic E-state index is 0.0412. The second-order valence-corrected chi connectivity index (χ2v) is 8.84. The molecule has 0 radical (unpaired) electrons. The molecule has 3 heterocycles. The quantitative estimate of drug-likeness (QED) is 0.603. The van der Waals surface area contributed by atoms with Gasteiger partial charge in [0.25, 0.3) is 5.91 Å². The van der Waals surface area contributed by atoms with Gasteiger partial charge < -0.3 is 9.47 Å². The SMILES string of the molecule is CCOC(=O)C1CCN(C(c2ccc(OC)cc2)C2Sc3nc(CC)nn3C2=O)CC1. The number of carbonyl (C=O) groups is 2. The van der Waals surface area contributed by atoms with E-state index in [9.17, 15) is 9.59 Å². The van der Waals surface area contributed by atoms with Crippen molar-refractivity contribution in [1.29, 1.82) is 0 Å². The van der Waals surface area contributed by atoms with Gasteiger partial charge in [-0.15, -0.1) is 5.10 Å². The molecule has 1 fully saturated rings. The first-order chi connectivity index (χ1) is 15.0. The van der Waals surface area contributed by atoms with Crippen molar-refractivity contribution in [1.82, 2.24) is 19.7 Å². The predicted octanol–water partition coefficient (Wildman–Crippen LogP) is 2.98. The van der Waals surface area contributed by atoms with Gasteiger partial charge in [-0.25, -0.2) is 4.98 Å². The van der Waals surface area contributed by atoms with Crippen LogP contribution in [0.2, 0.25) is 0 Å². The van der Waals surface area contributed by atoms with Crippen molar-refractivity contribution in [2.24, 2.45) is 5.92 Å². The summed E-state index contributed by atoms with van der Waals surface area (Å²) in [4.78, 5) is 32.3. The number of methoxy groups -OCH3 is 1. The summed E-state index contributed by atoms with van der Waals surface area (Å²) < 4.78 is 12.0. The summed E-state index contributed by atoms with van der Waals surface area (Å²) in [7, 11) is 1.64. The van der Waals surface area contributed by atoms with Crippen LogP contribution < -0.4 is 4.74 Å². The number of likely N-dealkylation sites (tertiary alicyclic amines) is 1. The first-order valence-electron chi connectivity index (χ1n) is 10.8. The van der Waals surface area contributed by atoms with Crippen molar-refractivity contribution in [3.05, 3.63) is 35.7 Å². The molecular weight excluding hydrogens is 416 g/mol. The molecule has 0 amide bonds. The summed E-state index contributed by atoms with van der Waals surface area (Å²) in [5.41, 5.74) is 1.04. The Labute approximate surface area is 186 Å². The Morgan fingerprint density at radius 1 is 1.23 bits per heavy atom. The topological polar surface area (TPSA) is 86.5 Å². The highest BCUT2D eigenvalue weighted by molar-refractivity contribution is 8.00. The normalized spacial score (nSPS) is 20.5. The lowest BCUT2D eigenvalue weighted by Gasteiger charge is -2.38. The third-order valence-electron chi connectivity index (χ3n) is 5.91. The third-order valence-corrected chi connectivity index (χ3v) is 7.10. The van der Waals surface area contributed by atoms with E-state index in [1.807, 2.05) is 38.1 Å². The van der Waals surface area contributed by atoms with E-state index in [1.165, 1.54) is 16.4 Å². The molecule has 0 bridgehead atoms. The number of benzene rings is 1. The van der Waals surface area contributed by atoms with Gasteiger partial charge in [0.2, 0.25) is 0 Å². The van der Waals surface area contributed by atoms with Crippen LogP contribution in [-0.4, -0.2) is 63.6 Å². The van der Waals surface area contributed by atoms with Crippen LogP contribution in [0.1, 0.15) is 48.9 Å². The van der Waals surface area contributed by atoms with Gasteiger partial charge in [0.05, 0.1) is 25.7 Å². The number of thioether (sulfide) groups is 1. The molecule has 1 aromatic carbocycles. The zero-order valence-corrected chi connectivity index (χ0v) is 18.9. The molecule has 0 N–H and O–H groups in total. The van der Waals surface area contributed by atoms with Gasteiger partial charge in [0.15, 0.2) is 11.0 Å². The van der Waals surface area contributed by atoms with Gasteiger partial charge in [-0.05, 0) is 50.6 Å². The maximum absolute atomic E-state index is 13.3. The van der Waals surface area contributed by atoms with Gasteiger partial charge in [-0.1, -0.05) is 30.8 Å². The Hall–Kier alpha value is -2.39. The monoisotopic (exact) mass is 444 g/mol. The highest BCUT2D eigenvalue weighted by Crippen LogP contribution is 2.42. The molecule has 9 heteroatoms. The Balaban J connectivity index is 1.58. The molecule has 0 saturated carbocycles. The van der Waals surface area contributed by atoms with Gasteiger partial charge in [-0.2, -0.15) is 4.68 Å². The van der Waals surface area contributed by atoms with Gasteiger partial charge in [-0.3, -0.25) is 14.5 Å². The fraction of sp³-hybridized carbons (Fsp3) is 0.545. The van der Waals surface area contributed by atoms with E-state index in [4.69, 9.17) is 9.47 Å². The lowest BCUT2D eigenvalue weighted by Crippen LogP contribution is -2.44. The average molecular weight is 445 g/mol. The number of aryl methyl sites for hydroxylation is 1. The molecule has 0 spiro atoms. The minimum Gasteiger partial charge on any atom is -0.497 e. The molecule has 1 aromatic heterocycles. The van der Waals surface area contributed by atoms with E-state index in [2.05, 4.69) is 15.0 Å². The number of hydrogen-bond donors (Lipinski definition) is 0. The van der Waals surface area contributed by atoms with Crippen LogP contribution in [0.5, 0.6) is 5.75 Å². The number of rotatable bonds is 7. The zero-order chi connectivity index (χ0) is 22.0. The first-order valence-corrected chi connectivity index (χ1v) is 11.6. The minimum atomic E-state index is -0.339. The van der Waals surface area contributed by atoms with Crippen LogP contribution in [0, 0.1) is 5.92 Å². The summed E-state index contributed by atoms with van der Waals surface area (Å²) in [6.45, 7) is 5.66. The molecular formula is C22H28N4O4S. The molecule has 8 nitrogen and oxygen atoms in total. The van der Waals surface area contributed by atoms with Crippen LogP contribution in [0.25, 0.3) is 0 Å². The number of ether oxygens (including phenoxy) is 2. The van der Waals surface area contributed by atoms with Crippen LogP contribution in [-0.2, 0) is 16.0 Å². The van der Waals surface area contributed by atoms with Crippen molar-refractivity contribution in [3.63, 3.8) is 0 Å². The lowest BCUT2D eigenvalue weighted by molar-refractivity contribution is -0.149. The molecule has 1 saturated heterocycles. The Morgan fingerprint density at radius 2 is 1.94 bits per heavy atom. The highest BCUT2D eigenvalue weighted by atomic mass is 32.2. The summed E-state index contributed by atoms with van der Waals surface area (Å²) in [6.07, 6.45) is 2.14. The number of nitrogens with zero attached hydrogens (tertiary/aromatic N) is 4. The van der Waals surface area contributed by atoms with Crippen LogP contribution in [0.15, 0.2) is 29.4 Å². The number of hydrogen-bond acceptors (Lipinski definition) is 8. The second kappa shape index (κ2) is 9.40. The Kier molecular flexibility index (Phi) is 6.62. The van der Waals surface area contributed by atoms with Crippen molar-refractivity contribution in [2.75, 3.05) is 26.8 Å². The average Bonchev–Trinajstić information content (AvgIpc) is 3.34. The van der Waals surface area contributed by atoms with Crippen LogP contribution in [0.3, 0.4) is 0 Å². The van der Waals surface area contributed by atoms with E-state index in [0.717, 1.165) is 37.2 Å². The molecule has 0 aliphatic carbocycles. The van der Waals surface area contributed by atoms with Crippen LogP contribution >= 0.6 is 11.8 Å². The molecule has 2 unspecified atom stereocenters. The fourth-order valence-corrected chi connectivity index (χ4v) is 5.52. The third kappa shape index (κ3) is 4.34. The number of aromatic nitrogens is 3. The van der Waals surface area contributed by atoms with Gasteiger partial charge in [0.1, 0.15) is 11.0 Å². The predicted molar refractivity (Wildman–Crippen MR) is 116 cm³/mol. The second-order valence-electron chi connectivity index (χ2n) is 7.73. The van der Waals surface area contributed by atoms with E-state index in [1.54, 1.807) is 7.11 Å².